The van der Waals surface area contributed by atoms with Crippen LogP contribution in [0.3, 0.4) is 0 Å². The van der Waals surface area contributed by atoms with Gasteiger partial charge < -0.3 is 4.74 Å². The molecule has 0 fully saturated rings. The van der Waals surface area contributed by atoms with E-state index in [1.54, 1.807) is 6.92 Å². The second-order valence-corrected chi connectivity index (χ2v) is 5.13. The molecule has 0 saturated heterocycles. The molecule has 1 aromatic rings. The summed E-state index contributed by atoms with van der Waals surface area (Å²) in [6, 6.07) is 3.34. The fraction of sp³-hybridized carbons (Fsp3) is 0.429. The summed E-state index contributed by atoms with van der Waals surface area (Å²) in [7, 11) is 0. The van der Waals surface area contributed by atoms with Crippen molar-refractivity contribution >= 4 is 27.7 Å². The maximum Gasteiger partial charge on any atom is 0.417 e. The lowest BCUT2D eigenvalue weighted by Crippen LogP contribution is -2.09. The van der Waals surface area contributed by atoms with E-state index < -0.39 is 23.5 Å². The summed E-state index contributed by atoms with van der Waals surface area (Å²) in [6.45, 7) is 1.93. The van der Waals surface area contributed by atoms with Crippen LogP contribution in [-0.4, -0.2) is 18.4 Å². The zero-order valence-electron chi connectivity index (χ0n) is 11.3. The van der Waals surface area contributed by atoms with Crippen LogP contribution in [0.4, 0.5) is 13.2 Å². The molecule has 0 amide bonds. The first-order valence-corrected chi connectivity index (χ1v) is 7.10. The highest BCUT2D eigenvalue weighted by atomic mass is 79.9. The molecule has 0 spiro atoms. The van der Waals surface area contributed by atoms with Crippen molar-refractivity contribution in [2.75, 3.05) is 6.61 Å². The van der Waals surface area contributed by atoms with Crippen molar-refractivity contribution < 1.29 is 27.5 Å². The lowest BCUT2D eigenvalue weighted by atomic mass is 10.0. The Labute approximate surface area is 128 Å². The van der Waals surface area contributed by atoms with Gasteiger partial charge in [0.15, 0.2) is 5.78 Å². The van der Waals surface area contributed by atoms with Crippen molar-refractivity contribution in [2.24, 2.45) is 0 Å². The van der Waals surface area contributed by atoms with E-state index in [4.69, 9.17) is 4.74 Å². The van der Waals surface area contributed by atoms with Crippen LogP contribution in [-0.2, 0) is 15.7 Å². The van der Waals surface area contributed by atoms with Gasteiger partial charge in [-0.25, -0.2) is 0 Å². The number of carbonyl (C=O) groups excluding carboxylic acids is 2. The zero-order chi connectivity index (χ0) is 16.0. The highest BCUT2D eigenvalue weighted by molar-refractivity contribution is 9.10. The van der Waals surface area contributed by atoms with Gasteiger partial charge in [0.2, 0.25) is 0 Å². The van der Waals surface area contributed by atoms with E-state index in [1.807, 2.05) is 0 Å². The topological polar surface area (TPSA) is 43.4 Å². The van der Waals surface area contributed by atoms with Crippen LogP contribution in [0.5, 0.6) is 0 Å². The Morgan fingerprint density at radius 3 is 2.48 bits per heavy atom. The quantitative estimate of drug-likeness (QED) is 0.554. The van der Waals surface area contributed by atoms with Crippen molar-refractivity contribution in [1.29, 1.82) is 0 Å². The predicted molar refractivity (Wildman–Crippen MR) is 74.0 cm³/mol. The van der Waals surface area contributed by atoms with Gasteiger partial charge in [-0.1, -0.05) is 22.0 Å². The minimum absolute atomic E-state index is 0.00224. The molecule has 1 rings (SSSR count). The molecule has 0 aliphatic rings. The largest absolute Gasteiger partial charge is 0.466 e. The van der Waals surface area contributed by atoms with Gasteiger partial charge in [0.1, 0.15) is 0 Å². The Hall–Kier alpha value is -1.37. The normalized spacial score (nSPS) is 11.3. The molecule has 0 heterocycles. The predicted octanol–water partition coefficient (Wildman–Crippen LogP) is 4.38. The van der Waals surface area contributed by atoms with Crippen LogP contribution in [0.1, 0.15) is 42.1 Å². The van der Waals surface area contributed by atoms with Crippen LogP contribution < -0.4 is 0 Å². The summed E-state index contributed by atoms with van der Waals surface area (Å²) >= 11 is 2.81. The number of alkyl halides is 3. The highest BCUT2D eigenvalue weighted by Crippen LogP contribution is 2.35. The summed E-state index contributed by atoms with van der Waals surface area (Å²) in [4.78, 5) is 22.9. The summed E-state index contributed by atoms with van der Waals surface area (Å²) in [5.41, 5.74) is -0.909. The fourth-order valence-corrected chi connectivity index (χ4v) is 2.16. The van der Waals surface area contributed by atoms with Gasteiger partial charge >= 0.3 is 12.1 Å². The van der Waals surface area contributed by atoms with Gasteiger partial charge in [0.05, 0.1) is 12.2 Å². The van der Waals surface area contributed by atoms with Crippen LogP contribution in [0, 0.1) is 0 Å². The lowest BCUT2D eigenvalue weighted by molar-refractivity contribution is -0.143. The first-order valence-electron chi connectivity index (χ1n) is 6.31. The number of ether oxygens (including phenoxy) is 1. The highest BCUT2D eigenvalue weighted by Gasteiger charge is 2.33. The molecule has 0 unspecified atom stereocenters. The lowest BCUT2D eigenvalue weighted by Gasteiger charge is -2.10. The third kappa shape index (κ3) is 5.49. The SMILES string of the molecule is CCOC(=O)CCCC(=O)c1ccc(Br)c(C(F)(F)F)c1. The van der Waals surface area contributed by atoms with Crippen LogP contribution in [0.2, 0.25) is 0 Å². The number of carbonyl (C=O) groups is 2. The Bertz CT molecular complexity index is 527. The molecule has 0 saturated carbocycles. The smallest absolute Gasteiger partial charge is 0.417 e. The van der Waals surface area contributed by atoms with E-state index in [2.05, 4.69) is 15.9 Å². The summed E-state index contributed by atoms with van der Waals surface area (Å²) < 4.78 is 42.8. The van der Waals surface area contributed by atoms with E-state index in [9.17, 15) is 22.8 Å². The molecule has 0 atom stereocenters. The van der Waals surface area contributed by atoms with Gasteiger partial charge in [-0.3, -0.25) is 9.59 Å². The van der Waals surface area contributed by atoms with Crippen LogP contribution >= 0.6 is 15.9 Å². The van der Waals surface area contributed by atoms with E-state index in [1.165, 1.54) is 12.1 Å². The minimum atomic E-state index is -4.53. The van der Waals surface area contributed by atoms with Crippen LogP contribution in [0.15, 0.2) is 22.7 Å². The zero-order valence-corrected chi connectivity index (χ0v) is 12.9. The summed E-state index contributed by atoms with van der Waals surface area (Å²) in [5, 5.41) is 0. The third-order valence-corrected chi connectivity index (χ3v) is 3.38. The number of rotatable bonds is 6. The van der Waals surface area contributed by atoms with Gasteiger partial charge in [0.25, 0.3) is 0 Å². The Morgan fingerprint density at radius 1 is 1.24 bits per heavy atom. The van der Waals surface area contributed by atoms with E-state index in [-0.39, 0.29) is 35.9 Å². The number of hydrogen-bond donors (Lipinski definition) is 0. The van der Waals surface area contributed by atoms with Crippen LogP contribution in [0.25, 0.3) is 0 Å². The standard InChI is InChI=1S/C14H14BrF3O3/c1-2-21-13(20)5-3-4-12(19)9-6-7-11(15)10(8-9)14(16,17)18/h6-8H,2-5H2,1H3. The maximum atomic E-state index is 12.7. The molecule has 7 heteroatoms. The molecule has 21 heavy (non-hydrogen) atoms. The Kier molecular flexibility index (Phi) is 6.39. The van der Waals surface area contributed by atoms with Gasteiger partial charge in [0, 0.05) is 22.9 Å². The minimum Gasteiger partial charge on any atom is -0.466 e. The van der Waals surface area contributed by atoms with Crippen molar-refractivity contribution in [1.82, 2.24) is 0 Å². The molecular weight excluding hydrogens is 353 g/mol. The van der Waals surface area contributed by atoms with Gasteiger partial charge in [-0.15, -0.1) is 0 Å². The first kappa shape index (κ1) is 17.7. The molecule has 3 nitrogen and oxygen atoms in total. The second kappa shape index (κ2) is 7.59. The average molecular weight is 367 g/mol. The van der Waals surface area contributed by atoms with Gasteiger partial charge in [-0.2, -0.15) is 13.2 Å². The average Bonchev–Trinajstić information content (AvgIpc) is 2.38. The summed E-state index contributed by atoms with van der Waals surface area (Å²) in [5.74, 6) is -0.852. The van der Waals surface area contributed by atoms with Gasteiger partial charge in [-0.05, 0) is 25.5 Å². The molecule has 0 radical (unpaired) electrons. The molecule has 116 valence electrons. The van der Waals surface area contributed by atoms with Crippen molar-refractivity contribution in [3.05, 3.63) is 33.8 Å². The second-order valence-electron chi connectivity index (χ2n) is 4.27. The number of benzene rings is 1. The number of ketones is 1. The third-order valence-electron chi connectivity index (χ3n) is 2.68. The fourth-order valence-electron chi connectivity index (χ4n) is 1.69. The number of esters is 1. The first-order chi connectivity index (χ1) is 9.75. The van der Waals surface area contributed by atoms with E-state index in [0.29, 0.717) is 0 Å². The van der Waals surface area contributed by atoms with Crippen molar-refractivity contribution in [3.8, 4) is 0 Å². The molecular formula is C14H14BrF3O3. The number of halogens is 4. The van der Waals surface area contributed by atoms with E-state index in [0.717, 1.165) is 6.07 Å². The Balaban J connectivity index is 2.69. The molecule has 0 aliphatic carbocycles. The molecule has 0 aromatic heterocycles. The number of Topliss-reactive ketones (excluding diaryl/α,β-unsaturated/α-hetero) is 1. The van der Waals surface area contributed by atoms with Crippen molar-refractivity contribution in [3.63, 3.8) is 0 Å². The number of hydrogen-bond acceptors (Lipinski definition) is 3. The monoisotopic (exact) mass is 366 g/mol. The Morgan fingerprint density at radius 2 is 1.90 bits per heavy atom. The molecule has 0 bridgehead atoms. The molecule has 0 aliphatic heterocycles. The summed E-state index contributed by atoms with van der Waals surface area (Å²) in [6.07, 6.45) is -4.21. The molecule has 1 aromatic carbocycles. The van der Waals surface area contributed by atoms with E-state index >= 15 is 0 Å². The van der Waals surface area contributed by atoms with Crippen molar-refractivity contribution in [2.45, 2.75) is 32.4 Å². The molecule has 0 N–H and O–H groups in total. The maximum absolute atomic E-state index is 12.7.